The highest BCUT2D eigenvalue weighted by molar-refractivity contribution is 5.76. The lowest BCUT2D eigenvalue weighted by molar-refractivity contribution is 0.112. The quantitative estimate of drug-likeness (QED) is 0.320. The number of pyridine rings is 1. The van der Waals surface area contributed by atoms with E-state index in [-0.39, 0.29) is 6.17 Å². The van der Waals surface area contributed by atoms with Gasteiger partial charge in [-0.15, -0.1) is 0 Å². The summed E-state index contributed by atoms with van der Waals surface area (Å²) in [6, 6.07) is 19.2. The number of nitrogens with two attached hydrogens (primary N) is 1. The Labute approximate surface area is 213 Å². The second-order valence-electron chi connectivity index (χ2n) is 9.03. The highest BCUT2D eigenvalue weighted by Crippen LogP contribution is 2.34. The Bertz CT molecular complexity index is 1530. The first kappa shape index (κ1) is 22.7. The second kappa shape index (κ2) is 9.69. The number of carbonyl (C=O) groups is 1. The van der Waals surface area contributed by atoms with Crippen molar-refractivity contribution in [3.63, 3.8) is 0 Å². The minimum absolute atomic E-state index is 0.0789. The van der Waals surface area contributed by atoms with Crippen molar-refractivity contribution in [2.24, 2.45) is 0 Å². The maximum Gasteiger partial charge on any atom is 0.262 e. The molecule has 0 bridgehead atoms. The summed E-state index contributed by atoms with van der Waals surface area (Å²) in [4.78, 5) is 22.3. The Hall–Kier alpha value is -4.79. The first-order valence-electron chi connectivity index (χ1n) is 12.2. The van der Waals surface area contributed by atoms with Crippen molar-refractivity contribution in [3.8, 4) is 34.0 Å². The molecule has 1 saturated heterocycles. The molecule has 37 heavy (non-hydrogen) atoms. The molecule has 1 atom stereocenters. The van der Waals surface area contributed by atoms with Crippen LogP contribution in [-0.2, 0) is 0 Å². The molecule has 4 heterocycles. The van der Waals surface area contributed by atoms with E-state index in [9.17, 15) is 4.79 Å². The molecule has 184 valence electrons. The van der Waals surface area contributed by atoms with Gasteiger partial charge in [-0.1, -0.05) is 35.5 Å². The number of hydrogen-bond acceptors (Lipinski definition) is 8. The van der Waals surface area contributed by atoms with Gasteiger partial charge in [-0.2, -0.15) is 10.1 Å². The van der Waals surface area contributed by atoms with Gasteiger partial charge in [0.05, 0.1) is 11.8 Å². The number of rotatable bonds is 6. The number of piperidine rings is 1. The monoisotopic (exact) mass is 491 g/mol. The predicted molar refractivity (Wildman–Crippen MR) is 141 cm³/mol. The van der Waals surface area contributed by atoms with Gasteiger partial charge in [0, 0.05) is 46.9 Å². The Morgan fingerprint density at radius 2 is 1.81 bits per heavy atom. The van der Waals surface area contributed by atoms with Crippen LogP contribution < -0.4 is 10.6 Å². The molecule has 2 N–H and O–H groups in total. The van der Waals surface area contributed by atoms with Crippen molar-refractivity contribution in [1.82, 2.24) is 24.9 Å². The molecular formula is C28H25N7O2. The molecule has 0 saturated carbocycles. The smallest absolute Gasteiger partial charge is 0.262 e. The lowest BCUT2D eigenvalue weighted by Crippen LogP contribution is -2.37. The van der Waals surface area contributed by atoms with Crippen LogP contribution in [0.25, 0.3) is 34.0 Å². The minimum Gasteiger partial charge on any atom is -0.383 e. The molecule has 9 heteroatoms. The number of benzene rings is 2. The normalized spacial score (nSPS) is 15.6. The minimum atomic E-state index is 0.0789. The molecule has 0 spiro atoms. The van der Waals surface area contributed by atoms with E-state index < -0.39 is 0 Å². The molecule has 1 unspecified atom stereocenters. The number of anilines is 2. The maximum atomic E-state index is 11.1. The van der Waals surface area contributed by atoms with Gasteiger partial charge < -0.3 is 15.2 Å². The van der Waals surface area contributed by atoms with Gasteiger partial charge >= 0.3 is 0 Å². The van der Waals surface area contributed by atoms with E-state index in [1.807, 2.05) is 77.7 Å². The van der Waals surface area contributed by atoms with Crippen LogP contribution in [0.2, 0.25) is 0 Å². The van der Waals surface area contributed by atoms with Gasteiger partial charge in [0.15, 0.2) is 0 Å². The van der Waals surface area contributed by atoms with Crippen molar-refractivity contribution in [3.05, 3.63) is 84.8 Å². The zero-order valence-corrected chi connectivity index (χ0v) is 20.1. The van der Waals surface area contributed by atoms with Crippen LogP contribution in [0, 0.1) is 0 Å². The van der Waals surface area contributed by atoms with Crippen LogP contribution in [-0.4, -0.2) is 37.7 Å². The molecular weight excluding hydrogens is 466 g/mol. The fourth-order valence-electron chi connectivity index (χ4n) is 4.73. The number of nitrogen functional groups attached to an aromatic ring is 1. The number of hydrogen-bond donors (Lipinski definition) is 1. The zero-order valence-electron chi connectivity index (χ0n) is 20.1. The van der Waals surface area contributed by atoms with E-state index in [0.717, 1.165) is 54.5 Å². The van der Waals surface area contributed by atoms with Gasteiger partial charge in [0.2, 0.25) is 5.82 Å². The van der Waals surface area contributed by atoms with Gasteiger partial charge in [0.1, 0.15) is 18.3 Å². The molecule has 6 rings (SSSR count). The van der Waals surface area contributed by atoms with Gasteiger partial charge in [-0.25, -0.2) is 9.67 Å². The van der Waals surface area contributed by atoms with Crippen molar-refractivity contribution in [2.75, 3.05) is 17.2 Å². The molecule has 0 aliphatic carbocycles. The Morgan fingerprint density at radius 3 is 2.62 bits per heavy atom. The highest BCUT2D eigenvalue weighted by atomic mass is 16.5. The van der Waals surface area contributed by atoms with Crippen molar-refractivity contribution >= 4 is 17.8 Å². The van der Waals surface area contributed by atoms with Gasteiger partial charge in [0.25, 0.3) is 5.89 Å². The summed E-state index contributed by atoms with van der Waals surface area (Å²) in [6.45, 7) is 0.925. The number of carbonyl (C=O) groups excluding carboxylic acids is 1. The van der Waals surface area contributed by atoms with Crippen molar-refractivity contribution in [2.45, 2.75) is 25.4 Å². The van der Waals surface area contributed by atoms with Crippen molar-refractivity contribution < 1.29 is 9.32 Å². The zero-order chi connectivity index (χ0) is 25.2. The third kappa shape index (κ3) is 4.47. The Kier molecular flexibility index (Phi) is 5.94. The predicted octanol–water partition coefficient (Wildman–Crippen LogP) is 5.25. The number of aromatic nitrogens is 5. The molecule has 2 aromatic carbocycles. The Balaban J connectivity index is 1.29. The number of aldehydes is 1. The van der Waals surface area contributed by atoms with Gasteiger partial charge in [-0.05, 0) is 49.6 Å². The molecule has 1 fully saturated rings. The maximum absolute atomic E-state index is 11.1. The average Bonchev–Trinajstić information content (AvgIpc) is 3.65. The summed E-state index contributed by atoms with van der Waals surface area (Å²) < 4.78 is 7.52. The van der Waals surface area contributed by atoms with E-state index in [2.05, 4.69) is 20.0 Å². The fourth-order valence-corrected chi connectivity index (χ4v) is 4.73. The molecule has 5 aromatic rings. The van der Waals surface area contributed by atoms with E-state index in [4.69, 9.17) is 15.4 Å². The second-order valence-corrected chi connectivity index (χ2v) is 9.03. The highest BCUT2D eigenvalue weighted by Gasteiger charge is 2.25. The summed E-state index contributed by atoms with van der Waals surface area (Å²) in [5, 5.41) is 8.81. The molecule has 3 aromatic heterocycles. The summed E-state index contributed by atoms with van der Waals surface area (Å²) in [6.07, 6.45) is 9.75. The molecule has 1 aliphatic rings. The lowest BCUT2D eigenvalue weighted by atomic mass is 10.1. The molecule has 0 amide bonds. The topological polar surface area (TPSA) is 116 Å². The Morgan fingerprint density at radius 1 is 0.973 bits per heavy atom. The van der Waals surface area contributed by atoms with Crippen LogP contribution in [0.1, 0.15) is 35.8 Å². The first-order chi connectivity index (χ1) is 18.2. The van der Waals surface area contributed by atoms with E-state index >= 15 is 0 Å². The molecule has 1 aliphatic heterocycles. The largest absolute Gasteiger partial charge is 0.383 e. The third-order valence-corrected chi connectivity index (χ3v) is 6.68. The number of nitrogens with zero attached hydrogens (tertiary/aromatic N) is 6. The first-order valence-corrected chi connectivity index (χ1v) is 12.2. The van der Waals surface area contributed by atoms with Crippen molar-refractivity contribution in [1.29, 1.82) is 0 Å². The average molecular weight is 492 g/mol. The summed E-state index contributed by atoms with van der Waals surface area (Å²) in [7, 11) is 0. The molecule has 9 nitrogen and oxygen atoms in total. The van der Waals surface area contributed by atoms with Crippen LogP contribution in [0.3, 0.4) is 0 Å². The fraction of sp³-hybridized carbons (Fsp3) is 0.179. The SMILES string of the molecule is Nc1ncc(-c2cnn(C3CCCCN3c3ccc(C=O)cc3)c2)cc1-c1nc(-c2ccccc2)no1. The molecule has 0 radical (unpaired) electrons. The summed E-state index contributed by atoms with van der Waals surface area (Å²) in [5.74, 6) is 1.12. The summed E-state index contributed by atoms with van der Waals surface area (Å²) in [5.41, 5.74) is 11.1. The third-order valence-electron chi connectivity index (χ3n) is 6.68. The lowest BCUT2D eigenvalue weighted by Gasteiger charge is -2.37. The van der Waals surface area contributed by atoms with Crippen LogP contribution >= 0.6 is 0 Å². The van der Waals surface area contributed by atoms with E-state index in [0.29, 0.717) is 28.7 Å². The van der Waals surface area contributed by atoms with Gasteiger partial charge in [-0.3, -0.25) is 4.79 Å². The standard InChI is InChI=1S/C28H25N7O2/c29-26-24(28-32-27(33-37-28)20-6-2-1-3-7-20)14-21(15-30-26)22-16-31-35(17-22)25-8-4-5-13-34(25)23-11-9-19(18-36)10-12-23/h1-3,6-7,9-12,14-18,25H,4-5,8,13H2,(H2,29,30). The van der Waals surface area contributed by atoms with Crippen LogP contribution in [0.5, 0.6) is 0 Å². The van der Waals surface area contributed by atoms with Crippen LogP contribution in [0.15, 0.2) is 83.8 Å². The van der Waals surface area contributed by atoms with E-state index in [1.165, 1.54) is 0 Å². The van der Waals surface area contributed by atoms with Crippen LogP contribution in [0.4, 0.5) is 11.5 Å². The van der Waals surface area contributed by atoms with E-state index in [1.54, 1.807) is 6.20 Å². The summed E-state index contributed by atoms with van der Waals surface area (Å²) >= 11 is 0.